The van der Waals surface area contributed by atoms with Crippen LogP contribution in [0.1, 0.15) is 12.5 Å². The molecular formula is C18H20ClN3O4. The van der Waals surface area contributed by atoms with Gasteiger partial charge >= 0.3 is 6.03 Å². The van der Waals surface area contributed by atoms with Crippen LogP contribution in [-0.4, -0.2) is 33.1 Å². The van der Waals surface area contributed by atoms with E-state index in [1.54, 1.807) is 36.4 Å². The van der Waals surface area contributed by atoms with Gasteiger partial charge in [-0.15, -0.1) is 0 Å². The number of benzene rings is 2. The molecule has 0 unspecified atom stereocenters. The van der Waals surface area contributed by atoms with Gasteiger partial charge in [-0.3, -0.25) is 0 Å². The van der Waals surface area contributed by atoms with E-state index in [-0.39, 0.29) is 0 Å². The molecule has 0 heterocycles. The molecule has 7 nitrogen and oxygen atoms in total. The normalized spacial score (nSPS) is 10.5. The van der Waals surface area contributed by atoms with Crippen LogP contribution in [-0.2, 0) is 0 Å². The highest BCUT2D eigenvalue weighted by Gasteiger charge is 2.13. The van der Waals surface area contributed by atoms with Gasteiger partial charge in [-0.1, -0.05) is 11.6 Å². The topological polar surface area (TPSA) is 81.2 Å². The maximum Gasteiger partial charge on any atom is 0.339 e. The summed E-state index contributed by atoms with van der Waals surface area (Å²) in [6, 6.07) is 9.72. The van der Waals surface area contributed by atoms with Crippen molar-refractivity contribution in [3.8, 4) is 17.2 Å². The number of carbonyl (C=O) groups is 1. The standard InChI is InChI=1S/C18H20ClN3O4/c1-4-26-17-15(24-2)9-12(10-16(17)25-3)11-20-22-18(23)21-14-7-5-13(19)6-8-14/h5-11H,4H2,1-3H3,(H2,21,22,23)/b20-11-. The first kappa shape index (κ1) is 19.4. The largest absolute Gasteiger partial charge is 0.493 e. The Morgan fingerprint density at radius 1 is 1.15 bits per heavy atom. The molecule has 2 aromatic carbocycles. The lowest BCUT2D eigenvalue weighted by Gasteiger charge is -2.14. The second-order valence-electron chi connectivity index (χ2n) is 5.02. The predicted molar refractivity (Wildman–Crippen MR) is 102 cm³/mol. The Labute approximate surface area is 156 Å². The molecule has 0 saturated heterocycles. The number of urea groups is 1. The summed E-state index contributed by atoms with van der Waals surface area (Å²) in [6.07, 6.45) is 1.47. The minimum Gasteiger partial charge on any atom is -0.493 e. The zero-order chi connectivity index (χ0) is 18.9. The molecule has 0 atom stereocenters. The third-order valence-corrected chi connectivity index (χ3v) is 3.51. The van der Waals surface area contributed by atoms with Gasteiger partial charge in [0, 0.05) is 16.3 Å². The average Bonchev–Trinajstić information content (AvgIpc) is 2.64. The van der Waals surface area contributed by atoms with Gasteiger partial charge in [-0.25, -0.2) is 10.2 Å². The van der Waals surface area contributed by atoms with Crippen molar-refractivity contribution in [1.82, 2.24) is 5.43 Å². The summed E-state index contributed by atoms with van der Waals surface area (Å²) in [5.74, 6) is 1.54. The van der Waals surface area contributed by atoms with Crippen molar-refractivity contribution in [2.45, 2.75) is 6.92 Å². The highest BCUT2D eigenvalue weighted by molar-refractivity contribution is 6.30. The van der Waals surface area contributed by atoms with Crippen molar-refractivity contribution in [2.24, 2.45) is 5.10 Å². The van der Waals surface area contributed by atoms with Crippen LogP contribution < -0.4 is 25.0 Å². The zero-order valence-electron chi connectivity index (χ0n) is 14.7. The van der Waals surface area contributed by atoms with Crippen LogP contribution in [0, 0.1) is 0 Å². The number of halogens is 1. The summed E-state index contributed by atoms with van der Waals surface area (Å²) in [7, 11) is 3.08. The molecule has 0 fully saturated rings. The smallest absolute Gasteiger partial charge is 0.339 e. The van der Waals surface area contributed by atoms with E-state index in [0.717, 1.165) is 0 Å². The maximum atomic E-state index is 11.8. The fourth-order valence-electron chi connectivity index (χ4n) is 2.12. The second kappa shape index (κ2) is 9.53. The summed E-state index contributed by atoms with van der Waals surface area (Å²) < 4.78 is 16.2. The Kier molecular flexibility index (Phi) is 7.11. The van der Waals surface area contributed by atoms with Crippen molar-refractivity contribution in [3.05, 3.63) is 47.0 Å². The van der Waals surface area contributed by atoms with E-state index in [1.807, 2.05) is 6.92 Å². The van der Waals surface area contributed by atoms with Crippen molar-refractivity contribution in [3.63, 3.8) is 0 Å². The summed E-state index contributed by atoms with van der Waals surface area (Å²) >= 11 is 5.80. The second-order valence-corrected chi connectivity index (χ2v) is 5.46. The quantitative estimate of drug-likeness (QED) is 0.566. The number of anilines is 1. The summed E-state index contributed by atoms with van der Waals surface area (Å²) in [5.41, 5.74) is 3.66. The van der Waals surface area contributed by atoms with E-state index < -0.39 is 6.03 Å². The number of rotatable bonds is 7. The molecule has 0 bridgehead atoms. The van der Waals surface area contributed by atoms with E-state index >= 15 is 0 Å². The van der Waals surface area contributed by atoms with Crippen molar-refractivity contribution >= 4 is 29.5 Å². The van der Waals surface area contributed by atoms with Crippen LogP contribution >= 0.6 is 11.6 Å². The Morgan fingerprint density at radius 3 is 2.31 bits per heavy atom. The van der Waals surface area contributed by atoms with Gasteiger partial charge in [0.05, 0.1) is 27.0 Å². The van der Waals surface area contributed by atoms with Gasteiger partial charge in [0.2, 0.25) is 5.75 Å². The Hall–Kier alpha value is -2.93. The fourth-order valence-corrected chi connectivity index (χ4v) is 2.25. The minimum atomic E-state index is -0.478. The molecule has 0 aliphatic heterocycles. The van der Waals surface area contributed by atoms with Crippen LogP contribution in [0.3, 0.4) is 0 Å². The zero-order valence-corrected chi connectivity index (χ0v) is 15.5. The molecule has 2 N–H and O–H groups in total. The van der Waals surface area contributed by atoms with Gasteiger partial charge in [0.25, 0.3) is 0 Å². The van der Waals surface area contributed by atoms with E-state index in [9.17, 15) is 4.79 Å². The van der Waals surface area contributed by atoms with E-state index in [4.69, 9.17) is 25.8 Å². The number of methoxy groups -OCH3 is 2. The predicted octanol–water partition coefficient (Wildman–Crippen LogP) is 3.91. The molecule has 2 rings (SSSR count). The molecule has 2 amide bonds. The third kappa shape index (κ3) is 5.29. The summed E-state index contributed by atoms with van der Waals surface area (Å²) in [5, 5.41) is 7.14. The SMILES string of the molecule is CCOc1c(OC)cc(/C=N\NC(=O)Nc2ccc(Cl)cc2)cc1OC. The molecular weight excluding hydrogens is 358 g/mol. The Bertz CT molecular complexity index is 754. The average molecular weight is 378 g/mol. The van der Waals surface area contributed by atoms with Crippen LogP contribution in [0.15, 0.2) is 41.5 Å². The number of hydrogen-bond acceptors (Lipinski definition) is 5. The number of hydrazone groups is 1. The van der Waals surface area contributed by atoms with Gasteiger partial charge in [0.15, 0.2) is 11.5 Å². The van der Waals surface area contributed by atoms with Crippen LogP contribution in [0.5, 0.6) is 17.2 Å². The van der Waals surface area contributed by atoms with Gasteiger partial charge < -0.3 is 19.5 Å². The monoisotopic (exact) mass is 377 g/mol. The van der Waals surface area contributed by atoms with E-state index in [0.29, 0.717) is 40.1 Å². The molecule has 0 saturated carbocycles. The number of nitrogens with one attached hydrogen (secondary N) is 2. The molecule has 0 aromatic heterocycles. The van der Waals surface area contributed by atoms with Gasteiger partial charge in [-0.05, 0) is 43.3 Å². The maximum absolute atomic E-state index is 11.8. The Morgan fingerprint density at radius 2 is 1.77 bits per heavy atom. The fraction of sp³-hybridized carbons (Fsp3) is 0.222. The van der Waals surface area contributed by atoms with Gasteiger partial charge in [-0.2, -0.15) is 5.10 Å². The number of hydrogen-bond donors (Lipinski definition) is 2. The van der Waals surface area contributed by atoms with E-state index in [2.05, 4.69) is 15.8 Å². The van der Waals surface area contributed by atoms with Crippen molar-refractivity contribution in [2.75, 3.05) is 26.1 Å². The highest BCUT2D eigenvalue weighted by Crippen LogP contribution is 2.38. The van der Waals surface area contributed by atoms with Crippen LogP contribution in [0.4, 0.5) is 10.5 Å². The lowest BCUT2D eigenvalue weighted by molar-refractivity contribution is 0.252. The first-order valence-corrected chi connectivity index (χ1v) is 8.19. The highest BCUT2D eigenvalue weighted by atomic mass is 35.5. The van der Waals surface area contributed by atoms with E-state index in [1.165, 1.54) is 20.4 Å². The molecule has 138 valence electrons. The number of nitrogens with zero attached hydrogens (tertiary/aromatic N) is 1. The molecule has 26 heavy (non-hydrogen) atoms. The lowest BCUT2D eigenvalue weighted by Crippen LogP contribution is -2.24. The van der Waals surface area contributed by atoms with Crippen LogP contribution in [0.2, 0.25) is 5.02 Å². The summed E-state index contributed by atoms with van der Waals surface area (Å²) in [4.78, 5) is 11.8. The molecule has 8 heteroatoms. The molecule has 0 aliphatic carbocycles. The van der Waals surface area contributed by atoms with Crippen molar-refractivity contribution in [1.29, 1.82) is 0 Å². The minimum absolute atomic E-state index is 0.478. The summed E-state index contributed by atoms with van der Waals surface area (Å²) in [6.45, 7) is 2.35. The van der Waals surface area contributed by atoms with Crippen LogP contribution in [0.25, 0.3) is 0 Å². The molecule has 2 aromatic rings. The lowest BCUT2D eigenvalue weighted by atomic mass is 10.2. The molecule has 0 radical (unpaired) electrons. The first-order chi connectivity index (χ1) is 12.6. The first-order valence-electron chi connectivity index (χ1n) is 7.81. The van der Waals surface area contributed by atoms with Gasteiger partial charge in [0.1, 0.15) is 0 Å². The van der Waals surface area contributed by atoms with Crippen molar-refractivity contribution < 1.29 is 19.0 Å². The Balaban J connectivity index is 2.04. The molecule has 0 aliphatic rings. The molecule has 0 spiro atoms. The number of carbonyl (C=O) groups excluding carboxylic acids is 1. The number of ether oxygens (including phenoxy) is 3. The third-order valence-electron chi connectivity index (χ3n) is 3.25. The number of amides is 2.